The summed E-state index contributed by atoms with van der Waals surface area (Å²) in [5.74, 6) is -0.664. The van der Waals surface area contributed by atoms with Gasteiger partial charge in [0.2, 0.25) is 0 Å². The molecule has 0 spiro atoms. The molecule has 1 unspecified atom stereocenters. The van der Waals surface area contributed by atoms with Gasteiger partial charge in [-0.3, -0.25) is 10.1 Å². The van der Waals surface area contributed by atoms with E-state index in [0.717, 1.165) is 32.1 Å². The molecule has 0 aromatic rings. The van der Waals surface area contributed by atoms with Crippen molar-refractivity contribution in [2.24, 2.45) is 0 Å². The van der Waals surface area contributed by atoms with Crippen LogP contribution >= 0.6 is 0 Å². The van der Waals surface area contributed by atoms with Crippen LogP contribution in [0.3, 0.4) is 0 Å². The molecule has 0 amide bonds. The second-order valence-corrected chi connectivity index (χ2v) is 5.68. The van der Waals surface area contributed by atoms with Gasteiger partial charge < -0.3 is 5.11 Å². The second-order valence-electron chi connectivity index (χ2n) is 5.68. The Balaban J connectivity index is 2.65. The predicted molar refractivity (Wildman–Crippen MR) is 74.8 cm³/mol. The van der Waals surface area contributed by atoms with Crippen molar-refractivity contribution < 1.29 is 9.90 Å². The maximum atomic E-state index is 11.7. The quantitative estimate of drug-likeness (QED) is 0.682. The lowest BCUT2D eigenvalue weighted by Gasteiger charge is -2.34. The van der Waals surface area contributed by atoms with E-state index >= 15 is 0 Å². The molecule has 0 aromatic carbocycles. The van der Waals surface area contributed by atoms with Crippen LogP contribution < -0.4 is 5.32 Å². The molecule has 2 N–H and O–H groups in total. The standard InChI is InChI=1S/C15H29NO2/c1-3-5-12-15(4-2,14(17)18)16-13-10-8-6-7-9-11-13/h13,16H,3-12H2,1-2H3,(H,17,18). The number of hydrogen-bond donors (Lipinski definition) is 2. The molecule has 1 aliphatic carbocycles. The molecule has 1 fully saturated rings. The zero-order valence-electron chi connectivity index (χ0n) is 12.0. The summed E-state index contributed by atoms with van der Waals surface area (Å²) in [6, 6.07) is 0.403. The van der Waals surface area contributed by atoms with E-state index in [9.17, 15) is 9.90 Å². The minimum absolute atomic E-state index is 0.403. The molecule has 1 saturated carbocycles. The summed E-state index contributed by atoms with van der Waals surface area (Å²) in [4.78, 5) is 11.7. The van der Waals surface area contributed by atoms with Crippen LogP contribution in [0.25, 0.3) is 0 Å². The van der Waals surface area contributed by atoms with Gasteiger partial charge in [0, 0.05) is 6.04 Å². The normalized spacial score (nSPS) is 21.2. The van der Waals surface area contributed by atoms with Crippen molar-refractivity contribution >= 4 is 5.97 Å². The van der Waals surface area contributed by atoms with Crippen LogP contribution in [0.2, 0.25) is 0 Å². The van der Waals surface area contributed by atoms with Crippen LogP contribution in [0.1, 0.15) is 78.1 Å². The number of carboxylic acid groups (broad SMARTS) is 1. The highest BCUT2D eigenvalue weighted by Crippen LogP contribution is 2.24. The Hall–Kier alpha value is -0.570. The largest absolute Gasteiger partial charge is 0.480 e. The third kappa shape index (κ3) is 4.27. The molecule has 1 aliphatic rings. The van der Waals surface area contributed by atoms with E-state index in [1.54, 1.807) is 0 Å². The third-order valence-electron chi connectivity index (χ3n) is 4.31. The van der Waals surface area contributed by atoms with Gasteiger partial charge in [-0.2, -0.15) is 0 Å². The topological polar surface area (TPSA) is 49.3 Å². The van der Waals surface area contributed by atoms with Crippen molar-refractivity contribution in [2.45, 2.75) is 89.6 Å². The zero-order chi connectivity index (χ0) is 13.4. The fourth-order valence-electron chi connectivity index (χ4n) is 2.96. The van der Waals surface area contributed by atoms with Gasteiger partial charge in [0.15, 0.2) is 0 Å². The molecule has 0 bridgehead atoms. The van der Waals surface area contributed by atoms with Crippen LogP contribution in [0.4, 0.5) is 0 Å². The minimum Gasteiger partial charge on any atom is -0.480 e. The average molecular weight is 255 g/mol. The van der Waals surface area contributed by atoms with E-state index in [0.29, 0.717) is 12.5 Å². The molecule has 3 heteroatoms. The molecular formula is C15H29NO2. The van der Waals surface area contributed by atoms with E-state index in [-0.39, 0.29) is 0 Å². The summed E-state index contributed by atoms with van der Waals surface area (Å²) < 4.78 is 0. The molecule has 0 aliphatic heterocycles. The van der Waals surface area contributed by atoms with Crippen LogP contribution in [0.5, 0.6) is 0 Å². The number of aliphatic carboxylic acids is 1. The predicted octanol–water partition coefficient (Wildman–Crippen LogP) is 3.72. The van der Waals surface area contributed by atoms with Crippen LogP contribution in [0, 0.1) is 0 Å². The lowest BCUT2D eigenvalue weighted by Crippen LogP contribution is -2.55. The van der Waals surface area contributed by atoms with Gasteiger partial charge in [-0.25, -0.2) is 0 Å². The van der Waals surface area contributed by atoms with Crippen molar-refractivity contribution in [1.82, 2.24) is 5.32 Å². The molecule has 0 aromatic heterocycles. The summed E-state index contributed by atoms with van der Waals surface area (Å²) in [6.45, 7) is 4.11. The highest BCUT2D eigenvalue weighted by molar-refractivity contribution is 5.78. The minimum atomic E-state index is -0.689. The maximum absolute atomic E-state index is 11.7. The van der Waals surface area contributed by atoms with Gasteiger partial charge in [-0.1, -0.05) is 52.4 Å². The maximum Gasteiger partial charge on any atom is 0.323 e. The van der Waals surface area contributed by atoms with Crippen molar-refractivity contribution in [3.8, 4) is 0 Å². The Morgan fingerprint density at radius 1 is 1.22 bits per heavy atom. The molecule has 1 rings (SSSR count). The first kappa shape index (κ1) is 15.5. The fraction of sp³-hybridized carbons (Fsp3) is 0.933. The van der Waals surface area contributed by atoms with Crippen LogP contribution in [-0.2, 0) is 4.79 Å². The smallest absolute Gasteiger partial charge is 0.323 e. The van der Waals surface area contributed by atoms with E-state index in [2.05, 4.69) is 12.2 Å². The van der Waals surface area contributed by atoms with Gasteiger partial charge in [-0.05, 0) is 25.7 Å². The zero-order valence-corrected chi connectivity index (χ0v) is 12.0. The SMILES string of the molecule is CCCCC(CC)(NC1CCCCCC1)C(=O)O. The highest BCUT2D eigenvalue weighted by Gasteiger charge is 2.37. The number of hydrogen-bond acceptors (Lipinski definition) is 2. The Morgan fingerprint density at radius 3 is 2.28 bits per heavy atom. The summed E-state index contributed by atoms with van der Waals surface area (Å²) in [5, 5.41) is 13.1. The Labute approximate surface area is 111 Å². The molecule has 0 saturated heterocycles. The fourth-order valence-corrected chi connectivity index (χ4v) is 2.96. The van der Waals surface area contributed by atoms with Crippen LogP contribution in [-0.4, -0.2) is 22.7 Å². The molecule has 0 radical (unpaired) electrons. The van der Waals surface area contributed by atoms with Gasteiger partial charge >= 0.3 is 5.97 Å². The number of carboxylic acids is 1. The van der Waals surface area contributed by atoms with Gasteiger partial charge in [-0.15, -0.1) is 0 Å². The first-order valence-corrected chi connectivity index (χ1v) is 7.65. The van der Waals surface area contributed by atoms with Crippen molar-refractivity contribution in [2.75, 3.05) is 0 Å². The van der Waals surface area contributed by atoms with Gasteiger partial charge in [0.1, 0.15) is 5.54 Å². The molecule has 106 valence electrons. The number of nitrogens with one attached hydrogen (secondary N) is 1. The molecule has 0 heterocycles. The lowest BCUT2D eigenvalue weighted by atomic mass is 9.88. The van der Waals surface area contributed by atoms with E-state index in [1.807, 2.05) is 6.92 Å². The Kier molecular flexibility index (Phi) is 6.69. The Bertz CT molecular complexity index is 247. The molecule has 18 heavy (non-hydrogen) atoms. The van der Waals surface area contributed by atoms with E-state index < -0.39 is 11.5 Å². The number of unbranched alkanes of at least 4 members (excludes halogenated alkanes) is 1. The summed E-state index contributed by atoms with van der Waals surface area (Å²) in [5.41, 5.74) is -0.689. The van der Waals surface area contributed by atoms with Crippen molar-refractivity contribution in [1.29, 1.82) is 0 Å². The number of carbonyl (C=O) groups is 1. The van der Waals surface area contributed by atoms with Crippen molar-refractivity contribution in [3.05, 3.63) is 0 Å². The summed E-state index contributed by atoms with van der Waals surface area (Å²) >= 11 is 0. The Morgan fingerprint density at radius 2 is 1.83 bits per heavy atom. The molecule has 3 nitrogen and oxygen atoms in total. The van der Waals surface area contributed by atoms with E-state index in [4.69, 9.17) is 0 Å². The third-order valence-corrected chi connectivity index (χ3v) is 4.31. The number of rotatable bonds is 7. The highest BCUT2D eigenvalue weighted by atomic mass is 16.4. The lowest BCUT2D eigenvalue weighted by molar-refractivity contribution is -0.146. The second kappa shape index (κ2) is 7.78. The first-order chi connectivity index (χ1) is 8.64. The van der Waals surface area contributed by atoms with E-state index in [1.165, 1.54) is 25.7 Å². The first-order valence-electron chi connectivity index (χ1n) is 7.65. The summed E-state index contributed by atoms with van der Waals surface area (Å²) in [7, 11) is 0. The molecule has 1 atom stereocenters. The summed E-state index contributed by atoms with van der Waals surface area (Å²) in [6.07, 6.45) is 10.8. The van der Waals surface area contributed by atoms with Crippen LogP contribution in [0.15, 0.2) is 0 Å². The van der Waals surface area contributed by atoms with Gasteiger partial charge in [0.25, 0.3) is 0 Å². The molecular weight excluding hydrogens is 226 g/mol. The average Bonchev–Trinajstić information content (AvgIpc) is 2.62. The van der Waals surface area contributed by atoms with Gasteiger partial charge in [0.05, 0.1) is 0 Å². The monoisotopic (exact) mass is 255 g/mol. The van der Waals surface area contributed by atoms with Crippen molar-refractivity contribution in [3.63, 3.8) is 0 Å².